The van der Waals surface area contributed by atoms with Gasteiger partial charge in [-0.05, 0) is 36.9 Å². The Morgan fingerprint density at radius 3 is 2.70 bits per heavy atom. The molecular formula is C13H21FN2O2S2. The van der Waals surface area contributed by atoms with Crippen LogP contribution in [0.15, 0.2) is 23.1 Å². The number of halogens is 1. The van der Waals surface area contributed by atoms with E-state index in [4.69, 9.17) is 0 Å². The standard InChI is InChI=1S/C13H21FN2O2S2/c1-3-6-15-10-11-4-5-12(14)13(9-11)20(17,18)16-7-8-19-2/h4-5,9,15-16H,3,6-8,10H2,1-2H3. The molecule has 0 heterocycles. The Morgan fingerprint density at radius 1 is 1.30 bits per heavy atom. The second-order valence-corrected chi connectivity index (χ2v) is 7.05. The second kappa shape index (κ2) is 8.61. The van der Waals surface area contributed by atoms with Crippen molar-refractivity contribution >= 4 is 21.8 Å². The molecule has 4 nitrogen and oxygen atoms in total. The van der Waals surface area contributed by atoms with Gasteiger partial charge in [-0.15, -0.1) is 0 Å². The third kappa shape index (κ3) is 5.40. The molecular weight excluding hydrogens is 299 g/mol. The number of benzene rings is 1. The lowest BCUT2D eigenvalue weighted by atomic mass is 10.2. The molecule has 0 spiro atoms. The first kappa shape index (κ1) is 17.4. The fourth-order valence-corrected chi connectivity index (χ4v) is 3.22. The maximum absolute atomic E-state index is 13.7. The largest absolute Gasteiger partial charge is 0.313 e. The van der Waals surface area contributed by atoms with Gasteiger partial charge in [-0.2, -0.15) is 11.8 Å². The highest BCUT2D eigenvalue weighted by molar-refractivity contribution is 7.98. The molecule has 0 fully saturated rings. The smallest absolute Gasteiger partial charge is 0.243 e. The van der Waals surface area contributed by atoms with Crippen molar-refractivity contribution in [1.82, 2.24) is 10.0 Å². The van der Waals surface area contributed by atoms with Gasteiger partial charge in [0.05, 0.1) is 0 Å². The molecule has 0 atom stereocenters. The highest BCUT2D eigenvalue weighted by Gasteiger charge is 2.18. The summed E-state index contributed by atoms with van der Waals surface area (Å²) in [6.45, 7) is 3.71. The second-order valence-electron chi connectivity index (χ2n) is 4.33. The lowest BCUT2D eigenvalue weighted by Gasteiger charge is -2.09. The molecule has 0 aromatic heterocycles. The van der Waals surface area contributed by atoms with Gasteiger partial charge in [0.15, 0.2) is 0 Å². The van der Waals surface area contributed by atoms with Crippen LogP contribution in [0.2, 0.25) is 0 Å². The summed E-state index contributed by atoms with van der Waals surface area (Å²) < 4.78 is 40.2. The van der Waals surface area contributed by atoms with Crippen LogP contribution in [-0.2, 0) is 16.6 Å². The molecule has 114 valence electrons. The Labute approximate surface area is 124 Å². The van der Waals surface area contributed by atoms with Crippen molar-refractivity contribution in [2.75, 3.05) is 25.1 Å². The summed E-state index contributed by atoms with van der Waals surface area (Å²) in [6.07, 6.45) is 2.87. The number of hydrogen-bond acceptors (Lipinski definition) is 4. The average molecular weight is 320 g/mol. The van der Waals surface area contributed by atoms with Crippen LogP contribution in [0.1, 0.15) is 18.9 Å². The molecule has 20 heavy (non-hydrogen) atoms. The minimum Gasteiger partial charge on any atom is -0.313 e. The molecule has 0 unspecified atom stereocenters. The number of rotatable bonds is 9. The molecule has 0 saturated carbocycles. The van der Waals surface area contributed by atoms with Crippen molar-refractivity contribution in [2.24, 2.45) is 0 Å². The Morgan fingerprint density at radius 2 is 2.05 bits per heavy atom. The zero-order chi connectivity index (χ0) is 15.0. The Hall–Kier alpha value is -0.630. The average Bonchev–Trinajstić information content (AvgIpc) is 2.41. The fourth-order valence-electron chi connectivity index (χ4n) is 1.63. The van der Waals surface area contributed by atoms with E-state index in [0.29, 0.717) is 18.8 Å². The molecule has 2 N–H and O–H groups in total. The number of nitrogens with one attached hydrogen (secondary N) is 2. The molecule has 0 bridgehead atoms. The predicted molar refractivity (Wildman–Crippen MR) is 82.0 cm³/mol. The summed E-state index contributed by atoms with van der Waals surface area (Å²) >= 11 is 1.53. The van der Waals surface area contributed by atoms with Gasteiger partial charge in [-0.25, -0.2) is 17.5 Å². The zero-order valence-electron chi connectivity index (χ0n) is 11.8. The van der Waals surface area contributed by atoms with E-state index < -0.39 is 15.8 Å². The lowest BCUT2D eigenvalue weighted by molar-refractivity contribution is 0.557. The third-order valence-electron chi connectivity index (χ3n) is 2.64. The van der Waals surface area contributed by atoms with E-state index >= 15 is 0 Å². The van der Waals surface area contributed by atoms with Gasteiger partial charge in [0, 0.05) is 18.8 Å². The normalized spacial score (nSPS) is 11.8. The fraction of sp³-hybridized carbons (Fsp3) is 0.538. The van der Waals surface area contributed by atoms with Crippen molar-refractivity contribution < 1.29 is 12.8 Å². The molecule has 0 aliphatic heterocycles. The molecule has 0 aliphatic carbocycles. The molecule has 1 rings (SSSR count). The van der Waals surface area contributed by atoms with E-state index in [2.05, 4.69) is 10.0 Å². The summed E-state index contributed by atoms with van der Waals surface area (Å²) in [5, 5.41) is 3.16. The van der Waals surface area contributed by atoms with E-state index in [-0.39, 0.29) is 4.90 Å². The Balaban J connectivity index is 2.84. The highest BCUT2D eigenvalue weighted by Crippen LogP contribution is 2.16. The maximum atomic E-state index is 13.7. The number of thioether (sulfide) groups is 1. The molecule has 0 radical (unpaired) electrons. The van der Waals surface area contributed by atoms with Crippen LogP contribution in [0, 0.1) is 5.82 Å². The SMILES string of the molecule is CCCNCc1ccc(F)c(S(=O)(=O)NCCSC)c1. The highest BCUT2D eigenvalue weighted by atomic mass is 32.2. The lowest BCUT2D eigenvalue weighted by Crippen LogP contribution is -2.27. The van der Waals surface area contributed by atoms with E-state index in [1.807, 2.05) is 13.2 Å². The van der Waals surface area contributed by atoms with Crippen molar-refractivity contribution in [3.05, 3.63) is 29.6 Å². The van der Waals surface area contributed by atoms with Crippen molar-refractivity contribution in [3.8, 4) is 0 Å². The molecule has 0 aliphatic rings. The topological polar surface area (TPSA) is 58.2 Å². The van der Waals surface area contributed by atoms with Crippen molar-refractivity contribution in [1.29, 1.82) is 0 Å². The van der Waals surface area contributed by atoms with Gasteiger partial charge in [0.2, 0.25) is 10.0 Å². The van der Waals surface area contributed by atoms with Crippen LogP contribution >= 0.6 is 11.8 Å². The third-order valence-corrected chi connectivity index (χ3v) is 4.73. The maximum Gasteiger partial charge on any atom is 0.243 e. The summed E-state index contributed by atoms with van der Waals surface area (Å²) in [7, 11) is -3.78. The van der Waals surface area contributed by atoms with Crippen LogP contribution in [0.25, 0.3) is 0 Å². The molecule has 0 amide bonds. The van der Waals surface area contributed by atoms with Gasteiger partial charge in [-0.1, -0.05) is 13.0 Å². The van der Waals surface area contributed by atoms with Crippen LogP contribution in [0.5, 0.6) is 0 Å². The Kier molecular flexibility index (Phi) is 7.50. The molecule has 7 heteroatoms. The summed E-state index contributed by atoms with van der Waals surface area (Å²) in [4.78, 5) is -0.283. The minimum atomic E-state index is -3.78. The quantitative estimate of drug-likeness (QED) is 0.683. The first-order valence-electron chi connectivity index (χ1n) is 6.49. The molecule has 1 aromatic carbocycles. The van der Waals surface area contributed by atoms with Crippen molar-refractivity contribution in [3.63, 3.8) is 0 Å². The number of sulfonamides is 1. The zero-order valence-corrected chi connectivity index (χ0v) is 13.4. The van der Waals surface area contributed by atoms with E-state index in [1.165, 1.54) is 23.9 Å². The first-order valence-corrected chi connectivity index (χ1v) is 9.36. The van der Waals surface area contributed by atoms with Gasteiger partial charge in [0.25, 0.3) is 0 Å². The van der Waals surface area contributed by atoms with E-state index in [0.717, 1.165) is 18.5 Å². The van der Waals surface area contributed by atoms with Crippen LogP contribution in [-0.4, -0.2) is 33.5 Å². The minimum absolute atomic E-state index is 0.283. The summed E-state index contributed by atoms with van der Waals surface area (Å²) in [6, 6.07) is 4.18. The molecule has 1 aromatic rings. The number of hydrogen-bond donors (Lipinski definition) is 2. The van der Waals surface area contributed by atoms with Gasteiger partial charge < -0.3 is 5.32 Å². The van der Waals surface area contributed by atoms with Gasteiger partial charge >= 0.3 is 0 Å². The van der Waals surface area contributed by atoms with Gasteiger partial charge in [-0.3, -0.25) is 0 Å². The van der Waals surface area contributed by atoms with E-state index in [9.17, 15) is 12.8 Å². The van der Waals surface area contributed by atoms with E-state index in [1.54, 1.807) is 6.07 Å². The van der Waals surface area contributed by atoms with Crippen LogP contribution in [0.4, 0.5) is 4.39 Å². The summed E-state index contributed by atoms with van der Waals surface area (Å²) in [5.74, 6) is -0.0700. The summed E-state index contributed by atoms with van der Waals surface area (Å²) in [5.41, 5.74) is 0.755. The molecule has 0 saturated heterocycles. The van der Waals surface area contributed by atoms with Crippen LogP contribution in [0.3, 0.4) is 0 Å². The van der Waals surface area contributed by atoms with Crippen LogP contribution < -0.4 is 10.0 Å². The first-order chi connectivity index (χ1) is 9.51. The Bertz CT molecular complexity index is 521. The van der Waals surface area contributed by atoms with Gasteiger partial charge in [0.1, 0.15) is 10.7 Å². The van der Waals surface area contributed by atoms with Crippen molar-refractivity contribution in [2.45, 2.75) is 24.8 Å². The predicted octanol–water partition coefficient (Wildman–Crippen LogP) is 1.97. The monoisotopic (exact) mass is 320 g/mol.